The lowest BCUT2D eigenvalue weighted by atomic mass is 10.1. The van der Waals surface area contributed by atoms with Crippen molar-refractivity contribution in [3.8, 4) is 0 Å². The number of nitrogens with one attached hydrogen (secondary N) is 1. The fourth-order valence-electron chi connectivity index (χ4n) is 2.79. The third kappa shape index (κ3) is 4.87. The maximum atomic E-state index is 3.68. The molecular formula is C15H33N3. The summed E-state index contributed by atoms with van der Waals surface area (Å²) in [6.45, 7) is 10.5. The fraction of sp³-hybridized carbons (Fsp3) is 1.00. The topological polar surface area (TPSA) is 18.5 Å². The number of hydrogen-bond donors (Lipinski definition) is 1. The van der Waals surface area contributed by atoms with Crippen molar-refractivity contribution in [2.75, 3.05) is 33.7 Å². The highest BCUT2D eigenvalue weighted by Crippen LogP contribution is 2.16. The molecule has 18 heavy (non-hydrogen) atoms. The average Bonchev–Trinajstić information content (AvgIpc) is 2.76. The third-order valence-electron chi connectivity index (χ3n) is 4.61. The van der Waals surface area contributed by atoms with Crippen LogP contribution in [0.25, 0.3) is 0 Å². The summed E-state index contributed by atoms with van der Waals surface area (Å²) in [4.78, 5) is 5.03. The molecule has 108 valence electrons. The molecule has 1 N–H and O–H groups in total. The Labute approximate surface area is 114 Å². The van der Waals surface area contributed by atoms with Gasteiger partial charge in [-0.2, -0.15) is 0 Å². The van der Waals surface area contributed by atoms with Gasteiger partial charge in [-0.25, -0.2) is 0 Å². The first-order valence-corrected chi connectivity index (χ1v) is 7.72. The van der Waals surface area contributed by atoms with Crippen LogP contribution in [0.3, 0.4) is 0 Å². The molecule has 2 unspecified atom stereocenters. The number of likely N-dealkylation sites (N-methyl/N-ethyl adjacent to an activating group) is 2. The van der Waals surface area contributed by atoms with Gasteiger partial charge in [0.05, 0.1) is 0 Å². The van der Waals surface area contributed by atoms with Gasteiger partial charge in [0.1, 0.15) is 0 Å². The van der Waals surface area contributed by atoms with E-state index < -0.39 is 0 Å². The highest BCUT2D eigenvalue weighted by molar-refractivity contribution is 4.81. The van der Waals surface area contributed by atoms with Crippen LogP contribution < -0.4 is 5.32 Å². The largest absolute Gasteiger partial charge is 0.312 e. The Morgan fingerprint density at radius 3 is 2.50 bits per heavy atom. The van der Waals surface area contributed by atoms with E-state index in [0.717, 1.165) is 12.6 Å². The molecule has 0 amide bonds. The molecule has 0 radical (unpaired) electrons. The molecule has 1 rings (SSSR count). The van der Waals surface area contributed by atoms with Crippen molar-refractivity contribution in [1.29, 1.82) is 0 Å². The molecule has 3 heteroatoms. The maximum absolute atomic E-state index is 3.68. The van der Waals surface area contributed by atoms with Gasteiger partial charge in [0.2, 0.25) is 0 Å². The van der Waals surface area contributed by atoms with Gasteiger partial charge in [-0.15, -0.1) is 0 Å². The van der Waals surface area contributed by atoms with Crippen LogP contribution in [0.1, 0.15) is 46.5 Å². The standard InChI is InChI=1S/C15H33N3/c1-6-14(7-2)16-11-13(3)18(5)12-15-9-8-10-17(15)4/h13-16H,6-12H2,1-5H3. The van der Waals surface area contributed by atoms with Crippen LogP contribution in [0.5, 0.6) is 0 Å². The molecule has 0 aliphatic carbocycles. The summed E-state index contributed by atoms with van der Waals surface area (Å²) in [5.74, 6) is 0. The van der Waals surface area contributed by atoms with Gasteiger partial charge in [0.25, 0.3) is 0 Å². The lowest BCUT2D eigenvalue weighted by Crippen LogP contribution is -2.46. The van der Waals surface area contributed by atoms with Crippen LogP contribution in [0.15, 0.2) is 0 Å². The molecule has 3 nitrogen and oxygen atoms in total. The Morgan fingerprint density at radius 2 is 2.00 bits per heavy atom. The Balaban J connectivity index is 2.25. The van der Waals surface area contributed by atoms with Crippen molar-refractivity contribution < 1.29 is 0 Å². The van der Waals surface area contributed by atoms with Crippen LogP contribution in [0, 0.1) is 0 Å². The van der Waals surface area contributed by atoms with Crippen LogP contribution in [0.4, 0.5) is 0 Å². The highest BCUT2D eigenvalue weighted by atomic mass is 15.2. The summed E-state index contributed by atoms with van der Waals surface area (Å²) in [6.07, 6.45) is 5.21. The summed E-state index contributed by atoms with van der Waals surface area (Å²) >= 11 is 0. The predicted molar refractivity (Wildman–Crippen MR) is 80.1 cm³/mol. The zero-order chi connectivity index (χ0) is 13.5. The van der Waals surface area contributed by atoms with Crippen molar-refractivity contribution in [2.45, 2.75) is 64.6 Å². The van der Waals surface area contributed by atoms with Crippen molar-refractivity contribution in [3.05, 3.63) is 0 Å². The second kappa shape index (κ2) is 8.13. The summed E-state index contributed by atoms with van der Waals surface area (Å²) in [5, 5.41) is 3.68. The molecule has 1 heterocycles. The van der Waals surface area contributed by atoms with Crippen LogP contribution in [-0.2, 0) is 0 Å². The summed E-state index contributed by atoms with van der Waals surface area (Å²) < 4.78 is 0. The molecule has 0 bridgehead atoms. The average molecular weight is 255 g/mol. The molecule has 1 fully saturated rings. The molecule has 0 aromatic rings. The Hall–Kier alpha value is -0.120. The number of rotatable bonds is 8. The van der Waals surface area contributed by atoms with E-state index in [4.69, 9.17) is 0 Å². The molecule has 0 aromatic carbocycles. The van der Waals surface area contributed by atoms with E-state index in [9.17, 15) is 0 Å². The summed E-state index contributed by atoms with van der Waals surface area (Å²) in [6, 6.07) is 2.08. The van der Waals surface area contributed by atoms with E-state index in [-0.39, 0.29) is 0 Å². The van der Waals surface area contributed by atoms with Crippen molar-refractivity contribution in [1.82, 2.24) is 15.1 Å². The Kier molecular flexibility index (Phi) is 7.20. The van der Waals surface area contributed by atoms with E-state index >= 15 is 0 Å². The molecule has 0 saturated carbocycles. The first kappa shape index (κ1) is 15.9. The van der Waals surface area contributed by atoms with Crippen molar-refractivity contribution in [3.63, 3.8) is 0 Å². The molecule has 1 saturated heterocycles. The van der Waals surface area contributed by atoms with E-state index in [1.165, 1.54) is 38.8 Å². The lowest BCUT2D eigenvalue weighted by Gasteiger charge is -2.31. The van der Waals surface area contributed by atoms with Crippen LogP contribution >= 0.6 is 0 Å². The number of hydrogen-bond acceptors (Lipinski definition) is 3. The Bertz CT molecular complexity index is 216. The number of likely N-dealkylation sites (tertiary alicyclic amines) is 1. The van der Waals surface area contributed by atoms with Gasteiger partial charge in [0.15, 0.2) is 0 Å². The van der Waals surface area contributed by atoms with E-state index in [1.54, 1.807) is 0 Å². The molecule has 0 spiro atoms. The summed E-state index contributed by atoms with van der Waals surface area (Å²) in [5.41, 5.74) is 0. The molecular weight excluding hydrogens is 222 g/mol. The minimum absolute atomic E-state index is 0.625. The smallest absolute Gasteiger partial charge is 0.0220 e. The van der Waals surface area contributed by atoms with Crippen LogP contribution in [-0.4, -0.2) is 61.7 Å². The predicted octanol–water partition coefficient (Wildman–Crippen LogP) is 2.18. The number of nitrogens with zero attached hydrogens (tertiary/aromatic N) is 2. The van der Waals surface area contributed by atoms with Gasteiger partial charge in [-0.05, 0) is 53.2 Å². The second-order valence-electron chi connectivity index (χ2n) is 5.99. The monoisotopic (exact) mass is 255 g/mol. The Morgan fingerprint density at radius 1 is 1.33 bits per heavy atom. The quantitative estimate of drug-likeness (QED) is 0.717. The van der Waals surface area contributed by atoms with Gasteiger partial charge in [0, 0.05) is 31.2 Å². The SMILES string of the molecule is CCC(CC)NCC(C)N(C)CC1CCCN1C. The fourth-order valence-corrected chi connectivity index (χ4v) is 2.79. The van der Waals surface area contributed by atoms with Crippen molar-refractivity contribution >= 4 is 0 Å². The van der Waals surface area contributed by atoms with Crippen molar-refractivity contribution in [2.24, 2.45) is 0 Å². The minimum atomic E-state index is 0.625. The van der Waals surface area contributed by atoms with Gasteiger partial charge >= 0.3 is 0 Å². The third-order valence-corrected chi connectivity index (χ3v) is 4.61. The zero-order valence-electron chi connectivity index (χ0n) is 13.1. The van der Waals surface area contributed by atoms with Gasteiger partial charge in [-0.1, -0.05) is 13.8 Å². The molecule has 0 aromatic heterocycles. The zero-order valence-corrected chi connectivity index (χ0v) is 13.1. The van der Waals surface area contributed by atoms with Gasteiger partial charge in [-0.3, -0.25) is 0 Å². The minimum Gasteiger partial charge on any atom is -0.312 e. The lowest BCUT2D eigenvalue weighted by molar-refractivity contribution is 0.179. The molecule has 1 aliphatic rings. The first-order chi connectivity index (χ1) is 8.58. The molecule has 2 atom stereocenters. The highest BCUT2D eigenvalue weighted by Gasteiger charge is 2.23. The summed E-state index contributed by atoms with van der Waals surface area (Å²) in [7, 11) is 4.53. The normalized spacial score (nSPS) is 23.2. The maximum Gasteiger partial charge on any atom is 0.0220 e. The van der Waals surface area contributed by atoms with Gasteiger partial charge < -0.3 is 15.1 Å². The molecule has 1 aliphatic heterocycles. The second-order valence-corrected chi connectivity index (χ2v) is 5.99. The first-order valence-electron chi connectivity index (χ1n) is 7.72. The van der Waals surface area contributed by atoms with E-state index in [2.05, 4.69) is 50.0 Å². The van der Waals surface area contributed by atoms with E-state index in [0.29, 0.717) is 12.1 Å². The van der Waals surface area contributed by atoms with Crippen LogP contribution in [0.2, 0.25) is 0 Å². The van der Waals surface area contributed by atoms with E-state index in [1.807, 2.05) is 0 Å².